The minimum absolute atomic E-state index is 0.0551. The van der Waals surface area contributed by atoms with Gasteiger partial charge in [0.25, 0.3) is 0 Å². The van der Waals surface area contributed by atoms with Crippen LogP contribution < -0.4 is 4.90 Å². The monoisotopic (exact) mass is 446 g/mol. The smallest absolute Gasteiger partial charge is 0.326 e. The van der Waals surface area contributed by atoms with Gasteiger partial charge in [-0.05, 0) is 61.8 Å². The number of hydrogen-bond donors (Lipinski definition) is 0. The number of esters is 1. The van der Waals surface area contributed by atoms with Crippen LogP contribution in [0, 0.1) is 17.0 Å². The maximum atomic E-state index is 11.0. The van der Waals surface area contributed by atoms with E-state index in [-0.39, 0.29) is 17.4 Å². The van der Waals surface area contributed by atoms with Gasteiger partial charge in [0.2, 0.25) is 0 Å². The molecule has 0 spiro atoms. The van der Waals surface area contributed by atoms with Gasteiger partial charge in [-0.15, -0.1) is 10.2 Å². The molecule has 0 fully saturated rings. The highest BCUT2D eigenvalue weighted by molar-refractivity contribution is 7.19. The number of nitrogens with zero attached hydrogens (tertiary/aromatic N) is 4. The van der Waals surface area contributed by atoms with Crippen molar-refractivity contribution in [1.29, 1.82) is 0 Å². The van der Waals surface area contributed by atoms with Crippen LogP contribution in [0.5, 0.6) is 0 Å². The number of anilines is 1. The Labute approximate surface area is 184 Å². The van der Waals surface area contributed by atoms with Crippen molar-refractivity contribution in [2.24, 2.45) is 10.2 Å². The lowest BCUT2D eigenvalue weighted by atomic mass is 10.1. The van der Waals surface area contributed by atoms with Gasteiger partial charge in [-0.25, -0.2) is 0 Å². The van der Waals surface area contributed by atoms with Crippen LogP contribution in [-0.4, -0.2) is 36.9 Å². The van der Waals surface area contributed by atoms with Crippen LogP contribution in [0.15, 0.2) is 34.5 Å². The van der Waals surface area contributed by atoms with Crippen molar-refractivity contribution in [1.82, 2.24) is 0 Å². The highest BCUT2D eigenvalue weighted by Crippen LogP contribution is 2.37. The molecule has 0 bridgehead atoms. The Morgan fingerprint density at radius 3 is 2.68 bits per heavy atom. The van der Waals surface area contributed by atoms with E-state index in [1.54, 1.807) is 0 Å². The second kappa shape index (κ2) is 11.9. The Morgan fingerprint density at radius 2 is 2.06 bits per heavy atom. The second-order valence-electron chi connectivity index (χ2n) is 6.84. The number of carbonyl (C=O) groups excluding carboxylic acids is 2. The van der Waals surface area contributed by atoms with Gasteiger partial charge < -0.3 is 14.4 Å². The fourth-order valence-corrected chi connectivity index (χ4v) is 3.78. The number of azo groups is 1. The molecule has 0 amide bonds. The number of nitro groups is 1. The van der Waals surface area contributed by atoms with E-state index in [0.29, 0.717) is 29.1 Å². The Kier molecular flexibility index (Phi) is 9.26. The third kappa shape index (κ3) is 7.25. The van der Waals surface area contributed by atoms with E-state index >= 15 is 0 Å². The summed E-state index contributed by atoms with van der Waals surface area (Å²) in [5.74, 6) is -0.261. The fraction of sp³-hybridized carbons (Fsp3) is 0.429. The zero-order chi connectivity index (χ0) is 22.8. The molecule has 10 heteroatoms. The lowest BCUT2D eigenvalue weighted by molar-refractivity contribution is -0.380. The topological polar surface area (TPSA) is 114 Å². The summed E-state index contributed by atoms with van der Waals surface area (Å²) in [5.41, 5.74) is 3.13. The van der Waals surface area contributed by atoms with Gasteiger partial charge in [-0.1, -0.05) is 0 Å². The molecule has 1 heterocycles. The van der Waals surface area contributed by atoms with Crippen LogP contribution in [0.25, 0.3) is 0 Å². The predicted molar refractivity (Wildman–Crippen MR) is 120 cm³/mol. The van der Waals surface area contributed by atoms with Crippen molar-refractivity contribution >= 4 is 45.0 Å². The third-order valence-corrected chi connectivity index (χ3v) is 5.57. The van der Waals surface area contributed by atoms with E-state index < -0.39 is 4.92 Å². The van der Waals surface area contributed by atoms with Crippen LogP contribution >= 0.6 is 11.3 Å². The summed E-state index contributed by atoms with van der Waals surface area (Å²) >= 11 is 0.901. The van der Waals surface area contributed by atoms with E-state index in [1.807, 2.05) is 25.1 Å². The Hall–Kier alpha value is -3.14. The first-order valence-electron chi connectivity index (χ1n) is 9.97. The largest absolute Gasteiger partial charge is 0.466 e. The first-order chi connectivity index (χ1) is 14.8. The number of aldehydes is 1. The number of aryl methyl sites for hydroxylation is 1. The standard InChI is InChI=1S/C21H26N4O5S/c1-4-24(10-5-6-12-30-16(3)27)18-7-8-19(15(2)13-18)22-23-21-17(9-11-26)14-20(31-21)25(28)29/h7-8,11,13-14H,4-6,9-10,12H2,1-3H3. The van der Waals surface area contributed by atoms with Gasteiger partial charge in [-0.3, -0.25) is 14.9 Å². The number of benzene rings is 1. The summed E-state index contributed by atoms with van der Waals surface area (Å²) in [6, 6.07) is 7.20. The summed E-state index contributed by atoms with van der Waals surface area (Å²) in [6.45, 7) is 7.51. The van der Waals surface area contributed by atoms with E-state index in [2.05, 4.69) is 22.1 Å². The summed E-state index contributed by atoms with van der Waals surface area (Å²) < 4.78 is 4.96. The van der Waals surface area contributed by atoms with Crippen LogP contribution in [0.2, 0.25) is 0 Å². The SMILES string of the molecule is CCN(CCCCOC(C)=O)c1ccc(N=Nc2sc([N+](=O)[O-])cc2CC=O)c(C)c1. The summed E-state index contributed by atoms with van der Waals surface area (Å²) in [4.78, 5) is 34.4. The minimum Gasteiger partial charge on any atom is -0.466 e. The average Bonchev–Trinajstić information content (AvgIpc) is 3.13. The number of rotatable bonds is 12. The van der Waals surface area contributed by atoms with Crippen molar-refractivity contribution in [3.8, 4) is 0 Å². The average molecular weight is 447 g/mol. The fourth-order valence-electron chi connectivity index (χ4n) is 2.95. The Bertz CT molecular complexity index is 957. The third-order valence-electron chi connectivity index (χ3n) is 4.56. The molecule has 2 rings (SSSR count). The zero-order valence-corrected chi connectivity index (χ0v) is 18.7. The van der Waals surface area contributed by atoms with Crippen molar-refractivity contribution in [3.63, 3.8) is 0 Å². The van der Waals surface area contributed by atoms with Crippen LogP contribution in [-0.2, 0) is 20.7 Å². The van der Waals surface area contributed by atoms with Crippen molar-refractivity contribution in [3.05, 3.63) is 45.5 Å². The first-order valence-corrected chi connectivity index (χ1v) is 10.8. The second-order valence-corrected chi connectivity index (χ2v) is 7.85. The van der Waals surface area contributed by atoms with Crippen LogP contribution in [0.4, 0.5) is 21.4 Å². The number of thiophene rings is 1. The van der Waals surface area contributed by atoms with Gasteiger partial charge in [0, 0.05) is 43.8 Å². The summed E-state index contributed by atoms with van der Waals surface area (Å²) in [7, 11) is 0. The van der Waals surface area contributed by atoms with E-state index in [9.17, 15) is 19.7 Å². The molecule has 31 heavy (non-hydrogen) atoms. The van der Waals surface area contributed by atoms with Gasteiger partial charge in [0.1, 0.15) is 11.3 Å². The Balaban J connectivity index is 2.08. The molecule has 0 N–H and O–H groups in total. The molecule has 1 aromatic carbocycles. The molecule has 166 valence electrons. The van der Waals surface area contributed by atoms with Crippen LogP contribution in [0.1, 0.15) is 37.8 Å². The van der Waals surface area contributed by atoms with Crippen molar-refractivity contribution < 1.29 is 19.2 Å². The molecule has 0 unspecified atom stereocenters. The van der Waals surface area contributed by atoms with Crippen LogP contribution in [0.3, 0.4) is 0 Å². The summed E-state index contributed by atoms with van der Waals surface area (Å²) in [5, 5.41) is 19.7. The maximum absolute atomic E-state index is 11.0. The molecular formula is C21H26N4O5S. The zero-order valence-electron chi connectivity index (χ0n) is 17.9. The molecule has 0 radical (unpaired) electrons. The van der Waals surface area contributed by atoms with Gasteiger partial charge in [-0.2, -0.15) is 0 Å². The molecule has 0 saturated carbocycles. The number of hydrogen-bond acceptors (Lipinski definition) is 9. The quantitative estimate of drug-likeness (QED) is 0.109. The van der Waals surface area contributed by atoms with Gasteiger partial charge in [0.15, 0.2) is 0 Å². The van der Waals surface area contributed by atoms with Gasteiger partial charge in [0.05, 0.1) is 17.2 Å². The number of unbranched alkanes of at least 4 members (excludes halogenated alkanes) is 1. The molecule has 0 saturated heterocycles. The molecular weight excluding hydrogens is 420 g/mol. The lowest BCUT2D eigenvalue weighted by Crippen LogP contribution is -2.24. The molecule has 0 aliphatic rings. The molecule has 0 atom stereocenters. The molecule has 2 aromatic rings. The molecule has 1 aromatic heterocycles. The number of carbonyl (C=O) groups is 2. The molecule has 0 aliphatic carbocycles. The van der Waals surface area contributed by atoms with Gasteiger partial charge >= 0.3 is 11.0 Å². The first kappa shape index (κ1) is 24.1. The van der Waals surface area contributed by atoms with Crippen molar-refractivity contribution in [2.75, 3.05) is 24.6 Å². The summed E-state index contributed by atoms with van der Waals surface area (Å²) in [6.07, 6.45) is 2.45. The van der Waals surface area contributed by atoms with E-state index in [0.717, 1.165) is 48.5 Å². The number of ether oxygens (including phenoxy) is 1. The van der Waals surface area contributed by atoms with E-state index in [4.69, 9.17) is 4.74 Å². The minimum atomic E-state index is -0.496. The van der Waals surface area contributed by atoms with E-state index in [1.165, 1.54) is 13.0 Å². The Morgan fingerprint density at radius 1 is 1.29 bits per heavy atom. The highest BCUT2D eigenvalue weighted by Gasteiger charge is 2.16. The highest BCUT2D eigenvalue weighted by atomic mass is 32.1. The molecule has 9 nitrogen and oxygen atoms in total. The lowest BCUT2D eigenvalue weighted by Gasteiger charge is -2.23. The predicted octanol–water partition coefficient (Wildman–Crippen LogP) is 5.29. The van der Waals surface area contributed by atoms with Crippen molar-refractivity contribution in [2.45, 2.75) is 40.0 Å². The maximum Gasteiger partial charge on any atom is 0.326 e. The normalized spacial score (nSPS) is 10.9. The molecule has 0 aliphatic heterocycles.